The van der Waals surface area contributed by atoms with Crippen LogP contribution in [0.5, 0.6) is 0 Å². The number of hydrogen-bond donors (Lipinski definition) is 0. The Balaban J connectivity index is 1.88. The fraction of sp³-hybridized carbons (Fsp3) is 0. The van der Waals surface area contributed by atoms with Gasteiger partial charge in [0.2, 0.25) is 0 Å². The van der Waals surface area contributed by atoms with Crippen LogP contribution in [0.4, 0.5) is 0 Å². The van der Waals surface area contributed by atoms with Crippen molar-refractivity contribution in [3.8, 4) is 16.9 Å². The van der Waals surface area contributed by atoms with E-state index < -0.39 is 0 Å². The topological polar surface area (TPSA) is 30.7 Å². The molecule has 3 nitrogen and oxygen atoms in total. The van der Waals surface area contributed by atoms with Crippen LogP contribution in [0.2, 0.25) is 5.02 Å². The Kier molecular flexibility index (Phi) is 3.96. The van der Waals surface area contributed by atoms with Crippen LogP contribution in [-0.2, 0) is 0 Å². The van der Waals surface area contributed by atoms with Crippen molar-refractivity contribution in [2.45, 2.75) is 0 Å². The van der Waals surface area contributed by atoms with Gasteiger partial charge in [-0.25, -0.2) is 4.68 Å². The molecule has 0 radical (unpaired) electrons. The highest BCUT2D eigenvalue weighted by molar-refractivity contribution is 9.10. The van der Waals surface area contributed by atoms with Gasteiger partial charge < -0.3 is 0 Å². The van der Waals surface area contributed by atoms with E-state index in [0.717, 1.165) is 43.2 Å². The average Bonchev–Trinajstić information content (AvgIpc) is 3.09. The Morgan fingerprint density at radius 1 is 0.852 bits per heavy atom. The van der Waals surface area contributed by atoms with Crippen molar-refractivity contribution < 1.29 is 0 Å². The summed E-state index contributed by atoms with van der Waals surface area (Å²) < 4.78 is 3.00. The van der Waals surface area contributed by atoms with Crippen molar-refractivity contribution in [1.82, 2.24) is 14.8 Å². The van der Waals surface area contributed by atoms with Crippen molar-refractivity contribution in [2.24, 2.45) is 0 Å². The molecule has 0 saturated carbocycles. The van der Waals surface area contributed by atoms with Crippen LogP contribution in [0.15, 0.2) is 83.5 Å². The summed E-state index contributed by atoms with van der Waals surface area (Å²) >= 11 is 9.57. The lowest BCUT2D eigenvalue weighted by molar-refractivity contribution is 0.917. The molecule has 0 N–H and O–H groups in total. The highest BCUT2D eigenvalue weighted by atomic mass is 79.9. The quantitative estimate of drug-likeness (QED) is 0.311. The van der Waals surface area contributed by atoms with Crippen molar-refractivity contribution in [1.29, 1.82) is 0 Å². The molecule has 0 amide bonds. The summed E-state index contributed by atoms with van der Waals surface area (Å²) in [5.41, 5.74) is 4.69. The molecule has 3 aromatic carbocycles. The SMILES string of the molecule is Clc1ccc(-c2nn(-c3ccc(Br)cc3)c3c2ncc2ccccc23)cc1. The van der Waals surface area contributed by atoms with Crippen LogP contribution < -0.4 is 0 Å². The molecule has 5 rings (SSSR count). The average molecular weight is 435 g/mol. The lowest BCUT2D eigenvalue weighted by Crippen LogP contribution is -1.97. The lowest BCUT2D eigenvalue weighted by atomic mass is 10.1. The van der Waals surface area contributed by atoms with Gasteiger partial charge in [0, 0.05) is 32.0 Å². The van der Waals surface area contributed by atoms with Gasteiger partial charge >= 0.3 is 0 Å². The third-order valence-corrected chi connectivity index (χ3v) is 5.38. The van der Waals surface area contributed by atoms with Crippen LogP contribution >= 0.6 is 27.5 Å². The van der Waals surface area contributed by atoms with E-state index in [1.807, 2.05) is 71.5 Å². The molecule has 5 aromatic rings. The molecule has 0 saturated heterocycles. The summed E-state index contributed by atoms with van der Waals surface area (Å²) in [5.74, 6) is 0. The fourth-order valence-corrected chi connectivity index (χ4v) is 3.69. The molecule has 27 heavy (non-hydrogen) atoms. The summed E-state index contributed by atoms with van der Waals surface area (Å²) in [4.78, 5) is 4.75. The van der Waals surface area contributed by atoms with Gasteiger partial charge in [0.25, 0.3) is 0 Å². The van der Waals surface area contributed by atoms with Gasteiger partial charge in [-0.15, -0.1) is 0 Å². The number of nitrogens with zero attached hydrogens (tertiary/aromatic N) is 3. The minimum Gasteiger partial charge on any atom is -0.252 e. The zero-order valence-corrected chi connectivity index (χ0v) is 16.4. The second kappa shape index (κ2) is 6.48. The van der Waals surface area contributed by atoms with Crippen LogP contribution in [0, 0.1) is 0 Å². The van der Waals surface area contributed by atoms with Gasteiger partial charge in [-0.3, -0.25) is 4.98 Å². The summed E-state index contributed by atoms with van der Waals surface area (Å²) in [6.45, 7) is 0. The Morgan fingerprint density at radius 2 is 1.59 bits per heavy atom. The largest absolute Gasteiger partial charge is 0.252 e. The first-order valence-corrected chi connectivity index (χ1v) is 9.66. The molecule has 5 heteroatoms. The van der Waals surface area contributed by atoms with Crippen LogP contribution in [-0.4, -0.2) is 14.8 Å². The Bertz CT molecular complexity index is 1280. The molecule has 2 heterocycles. The highest BCUT2D eigenvalue weighted by Crippen LogP contribution is 2.33. The smallest absolute Gasteiger partial charge is 0.119 e. The van der Waals surface area contributed by atoms with Gasteiger partial charge in [-0.05, 0) is 36.4 Å². The number of rotatable bonds is 2. The van der Waals surface area contributed by atoms with E-state index in [1.165, 1.54) is 0 Å². The number of aromatic nitrogens is 3. The fourth-order valence-electron chi connectivity index (χ4n) is 3.30. The van der Waals surface area contributed by atoms with Crippen LogP contribution in [0.25, 0.3) is 38.8 Å². The van der Waals surface area contributed by atoms with E-state index in [0.29, 0.717) is 5.02 Å². The molecule has 0 bridgehead atoms. The Hall–Kier alpha value is -2.69. The third kappa shape index (κ3) is 2.82. The predicted molar refractivity (Wildman–Crippen MR) is 115 cm³/mol. The molecule has 0 unspecified atom stereocenters. The molecule has 0 aliphatic carbocycles. The molecule has 2 aromatic heterocycles. The minimum absolute atomic E-state index is 0.703. The van der Waals surface area contributed by atoms with Gasteiger partial charge in [0.1, 0.15) is 16.7 Å². The molecule has 0 fully saturated rings. The predicted octanol–water partition coefficient (Wildman–Crippen LogP) is 6.66. The third-order valence-electron chi connectivity index (χ3n) is 4.60. The number of halogens is 2. The molecule has 0 spiro atoms. The van der Waals surface area contributed by atoms with Gasteiger partial charge in [0.15, 0.2) is 0 Å². The number of benzene rings is 3. The normalized spacial score (nSPS) is 11.3. The molecular weight excluding hydrogens is 422 g/mol. The van der Waals surface area contributed by atoms with Crippen LogP contribution in [0.3, 0.4) is 0 Å². The molecule has 0 atom stereocenters. The highest BCUT2D eigenvalue weighted by Gasteiger charge is 2.17. The first-order valence-electron chi connectivity index (χ1n) is 8.49. The van der Waals surface area contributed by atoms with Crippen molar-refractivity contribution in [3.05, 3.63) is 88.5 Å². The first kappa shape index (κ1) is 16.5. The van der Waals surface area contributed by atoms with Gasteiger partial charge in [-0.1, -0.05) is 63.9 Å². The summed E-state index contributed by atoms with van der Waals surface area (Å²) in [5, 5.41) is 7.85. The molecule has 130 valence electrons. The standard InChI is InChI=1S/C22H13BrClN3/c23-16-7-11-18(12-8-16)27-22-19-4-2-1-3-15(19)13-25-21(22)20(26-27)14-5-9-17(24)10-6-14/h1-13H. The summed E-state index contributed by atoms with van der Waals surface area (Å²) in [7, 11) is 0. The van der Waals surface area contributed by atoms with Crippen molar-refractivity contribution in [2.75, 3.05) is 0 Å². The second-order valence-corrected chi connectivity index (χ2v) is 7.64. The van der Waals surface area contributed by atoms with E-state index in [-0.39, 0.29) is 0 Å². The van der Waals surface area contributed by atoms with Gasteiger partial charge in [0.05, 0.1) is 5.69 Å². The number of hydrogen-bond acceptors (Lipinski definition) is 2. The number of fused-ring (bicyclic) bond motifs is 3. The van der Waals surface area contributed by atoms with Crippen molar-refractivity contribution >= 4 is 49.3 Å². The minimum atomic E-state index is 0.703. The summed E-state index contributed by atoms with van der Waals surface area (Å²) in [6, 6.07) is 24.1. The first-order chi connectivity index (χ1) is 13.2. The Labute approximate surface area is 169 Å². The molecule has 0 aliphatic heterocycles. The van der Waals surface area contributed by atoms with Crippen molar-refractivity contribution in [3.63, 3.8) is 0 Å². The zero-order chi connectivity index (χ0) is 18.4. The number of pyridine rings is 1. The maximum Gasteiger partial charge on any atom is 0.119 e. The maximum absolute atomic E-state index is 6.07. The monoisotopic (exact) mass is 433 g/mol. The van der Waals surface area contributed by atoms with E-state index in [9.17, 15) is 0 Å². The zero-order valence-electron chi connectivity index (χ0n) is 14.1. The van der Waals surface area contributed by atoms with Gasteiger partial charge in [-0.2, -0.15) is 5.10 Å². The lowest BCUT2D eigenvalue weighted by Gasteiger charge is -2.06. The second-order valence-electron chi connectivity index (χ2n) is 6.29. The van der Waals surface area contributed by atoms with E-state index in [1.54, 1.807) is 0 Å². The van der Waals surface area contributed by atoms with E-state index in [2.05, 4.69) is 28.1 Å². The van der Waals surface area contributed by atoms with E-state index in [4.69, 9.17) is 21.7 Å². The molecular formula is C22H13BrClN3. The maximum atomic E-state index is 6.07. The van der Waals surface area contributed by atoms with Crippen LogP contribution in [0.1, 0.15) is 0 Å². The van der Waals surface area contributed by atoms with E-state index >= 15 is 0 Å². The molecule has 0 aliphatic rings. The summed E-state index contributed by atoms with van der Waals surface area (Å²) in [6.07, 6.45) is 1.91. The Morgan fingerprint density at radius 3 is 2.37 bits per heavy atom.